The van der Waals surface area contributed by atoms with Crippen LogP contribution in [0.2, 0.25) is 0 Å². The maximum atomic E-state index is 5.65. The lowest BCUT2D eigenvalue weighted by Crippen LogP contribution is -2.04. The number of nitrogens with zero attached hydrogens (tertiary/aromatic N) is 2. The van der Waals surface area contributed by atoms with Crippen LogP contribution in [0.3, 0.4) is 0 Å². The summed E-state index contributed by atoms with van der Waals surface area (Å²) in [6.07, 6.45) is 0. The monoisotopic (exact) mass is 232 g/mol. The van der Waals surface area contributed by atoms with E-state index in [2.05, 4.69) is 21.6 Å². The first-order chi connectivity index (χ1) is 8.06. The molecule has 5 heteroatoms. The summed E-state index contributed by atoms with van der Waals surface area (Å²) in [5.74, 6) is 0.429. The van der Waals surface area contributed by atoms with Crippen molar-refractivity contribution in [3.63, 3.8) is 0 Å². The van der Waals surface area contributed by atoms with Gasteiger partial charge >= 0.3 is 6.01 Å². The maximum absolute atomic E-state index is 5.65. The molecule has 1 unspecified atom stereocenters. The lowest BCUT2D eigenvalue weighted by Gasteiger charge is -2.06. The number of aromatic nitrogens is 2. The van der Waals surface area contributed by atoms with Crippen LogP contribution in [-0.4, -0.2) is 10.2 Å². The summed E-state index contributed by atoms with van der Waals surface area (Å²) in [7, 11) is 0. The molecule has 0 saturated heterocycles. The normalized spacial score (nSPS) is 12.5. The van der Waals surface area contributed by atoms with E-state index in [0.29, 0.717) is 11.9 Å². The minimum absolute atomic E-state index is 0.253. The van der Waals surface area contributed by atoms with Crippen molar-refractivity contribution in [3.8, 4) is 0 Å². The predicted octanol–water partition coefficient (Wildman–Crippen LogP) is 2.45. The Morgan fingerprint density at radius 1 is 1.29 bits per heavy atom. The molecule has 2 aromatic rings. The smallest absolute Gasteiger partial charge is 0.320 e. The van der Waals surface area contributed by atoms with E-state index in [1.165, 1.54) is 5.56 Å². The second-order valence-electron chi connectivity index (χ2n) is 4.18. The van der Waals surface area contributed by atoms with Gasteiger partial charge in [0, 0.05) is 5.69 Å². The SMILES string of the molecule is Cc1ccc(C)c(Nc2nnc(C(C)N)o2)c1. The Morgan fingerprint density at radius 3 is 2.71 bits per heavy atom. The number of benzene rings is 1. The van der Waals surface area contributed by atoms with Crippen molar-refractivity contribution in [2.45, 2.75) is 26.8 Å². The zero-order chi connectivity index (χ0) is 12.4. The molecule has 1 aromatic carbocycles. The van der Waals surface area contributed by atoms with Gasteiger partial charge in [0.2, 0.25) is 5.89 Å². The summed E-state index contributed by atoms with van der Waals surface area (Å²) in [4.78, 5) is 0. The molecule has 3 N–H and O–H groups in total. The van der Waals surface area contributed by atoms with Crippen LogP contribution in [0.5, 0.6) is 0 Å². The molecule has 0 radical (unpaired) electrons. The molecular weight excluding hydrogens is 216 g/mol. The second kappa shape index (κ2) is 4.55. The summed E-state index contributed by atoms with van der Waals surface area (Å²) in [5, 5.41) is 10.8. The molecule has 90 valence electrons. The molecule has 0 aliphatic carbocycles. The van der Waals surface area contributed by atoms with Crippen molar-refractivity contribution in [1.82, 2.24) is 10.2 Å². The van der Waals surface area contributed by atoms with Gasteiger partial charge in [-0.3, -0.25) is 0 Å². The Morgan fingerprint density at radius 2 is 2.06 bits per heavy atom. The van der Waals surface area contributed by atoms with Crippen LogP contribution in [0.4, 0.5) is 11.7 Å². The van der Waals surface area contributed by atoms with Gasteiger partial charge in [-0.15, -0.1) is 5.10 Å². The van der Waals surface area contributed by atoms with Crippen LogP contribution in [0.1, 0.15) is 30.0 Å². The average Bonchev–Trinajstić information content (AvgIpc) is 2.72. The molecule has 0 spiro atoms. The number of hydrogen-bond donors (Lipinski definition) is 2. The van der Waals surface area contributed by atoms with Gasteiger partial charge in [0.1, 0.15) is 0 Å². The lowest BCUT2D eigenvalue weighted by atomic mass is 10.1. The van der Waals surface area contributed by atoms with E-state index in [-0.39, 0.29) is 6.04 Å². The Bertz CT molecular complexity index is 519. The Kier molecular flexibility index (Phi) is 3.10. The fourth-order valence-electron chi connectivity index (χ4n) is 1.45. The minimum Gasteiger partial charge on any atom is -0.406 e. The number of anilines is 2. The van der Waals surface area contributed by atoms with E-state index >= 15 is 0 Å². The van der Waals surface area contributed by atoms with E-state index in [9.17, 15) is 0 Å². The highest BCUT2D eigenvalue weighted by Crippen LogP contribution is 2.21. The molecule has 0 aliphatic heterocycles. The van der Waals surface area contributed by atoms with E-state index in [0.717, 1.165) is 11.3 Å². The van der Waals surface area contributed by atoms with E-state index in [4.69, 9.17) is 10.2 Å². The third kappa shape index (κ3) is 2.62. The lowest BCUT2D eigenvalue weighted by molar-refractivity contribution is 0.475. The third-order valence-corrected chi connectivity index (χ3v) is 2.46. The molecule has 0 saturated carbocycles. The third-order valence-electron chi connectivity index (χ3n) is 2.46. The number of nitrogens with one attached hydrogen (secondary N) is 1. The van der Waals surface area contributed by atoms with E-state index in [1.54, 1.807) is 6.92 Å². The van der Waals surface area contributed by atoms with Crippen molar-refractivity contribution in [2.75, 3.05) is 5.32 Å². The van der Waals surface area contributed by atoms with Crippen LogP contribution in [0, 0.1) is 13.8 Å². The molecule has 1 heterocycles. The van der Waals surface area contributed by atoms with Crippen LogP contribution in [-0.2, 0) is 0 Å². The molecule has 0 amide bonds. The first kappa shape index (κ1) is 11.6. The topological polar surface area (TPSA) is 77.0 Å². The quantitative estimate of drug-likeness (QED) is 0.850. The van der Waals surface area contributed by atoms with Crippen LogP contribution >= 0.6 is 0 Å². The highest BCUT2D eigenvalue weighted by atomic mass is 16.4. The van der Waals surface area contributed by atoms with E-state index in [1.807, 2.05) is 26.0 Å². The highest BCUT2D eigenvalue weighted by molar-refractivity contribution is 5.58. The number of rotatable bonds is 3. The first-order valence-corrected chi connectivity index (χ1v) is 5.49. The first-order valence-electron chi connectivity index (χ1n) is 5.49. The zero-order valence-corrected chi connectivity index (χ0v) is 10.2. The van der Waals surface area contributed by atoms with E-state index < -0.39 is 0 Å². The summed E-state index contributed by atoms with van der Waals surface area (Å²) >= 11 is 0. The van der Waals surface area contributed by atoms with Gasteiger partial charge in [-0.1, -0.05) is 17.2 Å². The van der Waals surface area contributed by atoms with Gasteiger partial charge in [-0.2, -0.15) is 0 Å². The molecular formula is C12H16N4O. The van der Waals surface area contributed by atoms with Crippen LogP contribution in [0.25, 0.3) is 0 Å². The summed E-state index contributed by atoms with van der Waals surface area (Å²) in [6.45, 7) is 5.85. The molecule has 1 atom stereocenters. The highest BCUT2D eigenvalue weighted by Gasteiger charge is 2.10. The average molecular weight is 232 g/mol. The molecule has 2 rings (SSSR count). The van der Waals surface area contributed by atoms with Crippen LogP contribution in [0.15, 0.2) is 22.6 Å². The minimum atomic E-state index is -0.253. The fourth-order valence-corrected chi connectivity index (χ4v) is 1.45. The summed E-state index contributed by atoms with van der Waals surface area (Å²) < 4.78 is 5.39. The van der Waals surface area contributed by atoms with Crippen molar-refractivity contribution < 1.29 is 4.42 Å². The van der Waals surface area contributed by atoms with Gasteiger partial charge in [0.15, 0.2) is 0 Å². The molecule has 5 nitrogen and oxygen atoms in total. The Hall–Kier alpha value is -1.88. The van der Waals surface area contributed by atoms with Gasteiger partial charge in [0.05, 0.1) is 6.04 Å². The van der Waals surface area contributed by atoms with Gasteiger partial charge in [-0.25, -0.2) is 0 Å². The molecule has 0 fully saturated rings. The summed E-state index contributed by atoms with van der Waals surface area (Å²) in [6, 6.07) is 6.25. The second-order valence-corrected chi connectivity index (χ2v) is 4.18. The standard InChI is InChI=1S/C12H16N4O/c1-7-4-5-8(2)10(6-7)14-12-16-15-11(17-12)9(3)13/h4-6,9H,13H2,1-3H3,(H,14,16). The molecule has 1 aromatic heterocycles. The Balaban J connectivity index is 2.22. The van der Waals surface area contributed by atoms with Gasteiger partial charge in [0.25, 0.3) is 0 Å². The summed E-state index contributed by atoms with van der Waals surface area (Å²) in [5.41, 5.74) is 8.91. The van der Waals surface area contributed by atoms with Crippen molar-refractivity contribution in [1.29, 1.82) is 0 Å². The largest absolute Gasteiger partial charge is 0.406 e. The van der Waals surface area contributed by atoms with Gasteiger partial charge < -0.3 is 15.5 Å². The van der Waals surface area contributed by atoms with Crippen molar-refractivity contribution in [3.05, 3.63) is 35.2 Å². The predicted molar refractivity (Wildman–Crippen MR) is 66.1 cm³/mol. The molecule has 0 aliphatic rings. The number of nitrogens with two attached hydrogens (primary N) is 1. The van der Waals surface area contributed by atoms with Crippen molar-refractivity contribution in [2.24, 2.45) is 5.73 Å². The number of hydrogen-bond acceptors (Lipinski definition) is 5. The molecule has 17 heavy (non-hydrogen) atoms. The maximum Gasteiger partial charge on any atom is 0.320 e. The molecule has 0 bridgehead atoms. The zero-order valence-electron chi connectivity index (χ0n) is 10.2. The fraction of sp³-hybridized carbons (Fsp3) is 0.333. The number of aryl methyl sites for hydroxylation is 2. The van der Waals surface area contributed by atoms with Gasteiger partial charge in [-0.05, 0) is 38.0 Å². The Labute approximate surface area is 100 Å². The van der Waals surface area contributed by atoms with Crippen LogP contribution < -0.4 is 11.1 Å². The van der Waals surface area contributed by atoms with Crippen molar-refractivity contribution >= 4 is 11.7 Å².